The molecule has 0 aliphatic carbocycles. The van der Waals surface area contributed by atoms with E-state index in [-0.39, 0.29) is 58.0 Å². The maximum Gasteiger partial charge on any atom is 1.00 e. The molecule has 0 saturated carbocycles. The molecule has 0 bridgehead atoms. The number of nitrogens with zero attached hydrogens (tertiary/aromatic N) is 2. The molecule has 0 spiro atoms. The summed E-state index contributed by atoms with van der Waals surface area (Å²) in [6.07, 6.45) is 0. The first-order chi connectivity index (χ1) is 6.83. The topological polar surface area (TPSA) is 28.2 Å². The van der Waals surface area contributed by atoms with Gasteiger partial charge in [0, 0.05) is 0 Å². The fourth-order valence-electron chi connectivity index (χ4n) is 1.60. The molecule has 0 saturated heterocycles. The van der Waals surface area contributed by atoms with Gasteiger partial charge in [-0.2, -0.15) is 0 Å². The van der Waals surface area contributed by atoms with E-state index in [1.54, 1.807) is 0 Å². The first-order valence-corrected chi connectivity index (χ1v) is 13.2. The van der Waals surface area contributed by atoms with Crippen LogP contribution >= 0.6 is 0 Å². The first kappa shape index (κ1) is 32.9. The van der Waals surface area contributed by atoms with E-state index in [2.05, 4.69) is 72.3 Å². The van der Waals surface area contributed by atoms with Gasteiger partial charge in [-0.25, -0.2) is 0 Å². The van der Waals surface area contributed by atoms with Crippen LogP contribution in [0.4, 0.5) is 0 Å². The average molecular weight is 282 g/mol. The molecule has 102 valence electrons. The van der Waals surface area contributed by atoms with Gasteiger partial charge in [-0.3, -0.25) is 0 Å². The summed E-state index contributed by atoms with van der Waals surface area (Å²) in [5.74, 6) is 0. The molecule has 0 aliphatic heterocycles. The van der Waals surface area contributed by atoms with Crippen LogP contribution in [0, 0.1) is 0 Å². The van der Waals surface area contributed by atoms with Gasteiger partial charge in [0.25, 0.3) is 0 Å². The fourth-order valence-corrected chi connectivity index (χ4v) is 9.65. The molecule has 0 N–H and O–H groups in total. The van der Waals surface area contributed by atoms with Crippen LogP contribution in [-0.2, 0) is 0 Å². The van der Waals surface area contributed by atoms with E-state index in [4.69, 9.17) is 4.65 Å². The number of hydrogen-bond acceptors (Lipinski definition) is 0. The van der Waals surface area contributed by atoms with Crippen LogP contribution in [0.25, 0.3) is 9.96 Å². The van der Waals surface area contributed by atoms with Gasteiger partial charge in [-0.05, 0) is 0 Å². The van der Waals surface area contributed by atoms with Gasteiger partial charge in [-0.1, -0.05) is 83.4 Å². The number of hydrogen-bond donors (Lipinski definition) is 0. The zero-order valence-corrected chi connectivity index (χ0v) is 18.0. The SMILES string of the molecule is CC(C)[N-]C(C)C.C[Si](C)(C)[N-][Si](C)(C)C.[H-].[Li+].[Li+].[Li+]. The quantitative estimate of drug-likeness (QED) is 0.476. The Morgan fingerprint density at radius 1 is 0.632 bits per heavy atom. The molecule has 0 amide bonds. The average Bonchev–Trinajstić information content (AvgIpc) is 1.72. The molecule has 0 unspecified atom stereocenters. The molecular formula is C12H33Li3N2Si2. The minimum Gasteiger partial charge on any atom is -1.00 e. The van der Waals surface area contributed by atoms with Crippen LogP contribution in [-0.4, -0.2) is 28.6 Å². The molecule has 2 nitrogen and oxygen atoms in total. The van der Waals surface area contributed by atoms with Crippen molar-refractivity contribution >= 4 is 16.5 Å². The van der Waals surface area contributed by atoms with E-state index >= 15 is 0 Å². The van der Waals surface area contributed by atoms with Crippen molar-refractivity contribution in [3.05, 3.63) is 9.96 Å². The summed E-state index contributed by atoms with van der Waals surface area (Å²) in [6, 6.07) is 1.000. The van der Waals surface area contributed by atoms with Crippen LogP contribution < -0.4 is 56.6 Å². The van der Waals surface area contributed by atoms with Gasteiger partial charge < -0.3 is 11.4 Å². The zero-order valence-electron chi connectivity index (χ0n) is 17.0. The number of rotatable bonds is 4. The molecule has 0 fully saturated rings. The summed E-state index contributed by atoms with van der Waals surface area (Å²) < 4.78 is 4.82. The molecular weight excluding hydrogens is 249 g/mol. The molecule has 0 rings (SSSR count). The Bertz CT molecular complexity index is 167. The molecule has 0 aromatic rings. The third-order valence-corrected chi connectivity index (χ3v) is 6.63. The first-order valence-electron chi connectivity index (χ1n) is 6.27. The summed E-state index contributed by atoms with van der Waals surface area (Å²) >= 11 is 0. The molecule has 0 aliphatic rings. The summed E-state index contributed by atoms with van der Waals surface area (Å²) in [5, 5.41) is 4.28. The van der Waals surface area contributed by atoms with Gasteiger partial charge in [-0.15, -0.1) is 12.1 Å². The second-order valence-corrected chi connectivity index (χ2v) is 16.4. The minimum atomic E-state index is -1.11. The van der Waals surface area contributed by atoms with Crippen LogP contribution in [0.5, 0.6) is 0 Å². The van der Waals surface area contributed by atoms with Gasteiger partial charge in [0.1, 0.15) is 0 Å². The Morgan fingerprint density at radius 2 is 0.842 bits per heavy atom. The molecule has 19 heavy (non-hydrogen) atoms. The molecule has 0 aromatic carbocycles. The van der Waals surface area contributed by atoms with Crippen LogP contribution in [0.15, 0.2) is 0 Å². The molecule has 7 heteroatoms. The van der Waals surface area contributed by atoms with Gasteiger partial charge in [0.2, 0.25) is 0 Å². The molecule has 0 atom stereocenters. The third kappa shape index (κ3) is 45.0. The maximum absolute atomic E-state index is 4.82. The summed E-state index contributed by atoms with van der Waals surface area (Å²) in [4.78, 5) is 0. The largest absolute Gasteiger partial charge is 1.00 e. The van der Waals surface area contributed by atoms with Crippen LogP contribution in [0.1, 0.15) is 29.1 Å². The second-order valence-electron chi connectivity index (χ2n) is 6.79. The zero-order chi connectivity index (χ0) is 13.6. The predicted molar refractivity (Wildman–Crippen MR) is 84.8 cm³/mol. The van der Waals surface area contributed by atoms with Crippen molar-refractivity contribution in [2.24, 2.45) is 0 Å². The second kappa shape index (κ2) is 15.1. The Balaban J connectivity index is -0.0000000416. The summed E-state index contributed by atoms with van der Waals surface area (Å²) in [5.41, 5.74) is 0. The van der Waals surface area contributed by atoms with Gasteiger partial charge in [0.15, 0.2) is 0 Å². The van der Waals surface area contributed by atoms with E-state index in [1.165, 1.54) is 0 Å². The molecule has 0 radical (unpaired) electrons. The van der Waals surface area contributed by atoms with Crippen molar-refractivity contribution in [2.45, 2.75) is 79.1 Å². The Morgan fingerprint density at radius 3 is 0.842 bits per heavy atom. The fraction of sp³-hybridized carbons (Fsp3) is 1.00. The Hall–Kier alpha value is 2.15. The maximum atomic E-state index is 4.82. The molecule has 0 heterocycles. The summed E-state index contributed by atoms with van der Waals surface area (Å²) in [6.45, 7) is 22.2. The van der Waals surface area contributed by atoms with Crippen molar-refractivity contribution in [1.29, 1.82) is 0 Å². The Labute approximate surface area is 162 Å². The smallest absolute Gasteiger partial charge is 1.00 e. The van der Waals surface area contributed by atoms with E-state index in [0.717, 1.165) is 0 Å². The minimum absolute atomic E-state index is 0. The van der Waals surface area contributed by atoms with Crippen molar-refractivity contribution in [3.63, 3.8) is 0 Å². The van der Waals surface area contributed by atoms with E-state index in [0.29, 0.717) is 12.1 Å². The van der Waals surface area contributed by atoms with Crippen molar-refractivity contribution in [1.82, 2.24) is 0 Å². The van der Waals surface area contributed by atoms with Crippen molar-refractivity contribution < 1.29 is 58.0 Å². The van der Waals surface area contributed by atoms with E-state index in [9.17, 15) is 0 Å². The van der Waals surface area contributed by atoms with Gasteiger partial charge >= 0.3 is 56.6 Å². The van der Waals surface area contributed by atoms with Crippen LogP contribution in [0.3, 0.4) is 0 Å². The van der Waals surface area contributed by atoms with E-state index < -0.39 is 16.5 Å². The third-order valence-electron chi connectivity index (χ3n) is 1.27. The van der Waals surface area contributed by atoms with E-state index in [1.807, 2.05) is 0 Å². The predicted octanol–water partition coefficient (Wildman–Crippen LogP) is -3.67. The van der Waals surface area contributed by atoms with Crippen LogP contribution in [0.2, 0.25) is 39.3 Å². The Kier molecular flexibility index (Phi) is 26.1. The standard InChI is InChI=1S/C6H18NSi2.C6H14N.3Li.H/c1-8(2,3)7-9(4,5)6;1-5(2)7-6(3)4;;;;/h1-6H3;5-6H,1-4H3;;;;/q2*-1;3*+1;-1. The van der Waals surface area contributed by atoms with Gasteiger partial charge in [0.05, 0.1) is 0 Å². The monoisotopic (exact) mass is 282 g/mol. The van der Waals surface area contributed by atoms with Crippen molar-refractivity contribution in [3.8, 4) is 0 Å². The summed E-state index contributed by atoms with van der Waals surface area (Å²) in [7, 11) is -2.21. The normalized spacial score (nSPS) is 10.7. The van der Waals surface area contributed by atoms with Crippen molar-refractivity contribution in [2.75, 3.05) is 0 Å². The molecule has 0 aromatic heterocycles.